The van der Waals surface area contributed by atoms with Crippen molar-refractivity contribution in [1.82, 2.24) is 4.90 Å². The lowest BCUT2D eigenvalue weighted by atomic mass is 10.1. The second-order valence-electron chi connectivity index (χ2n) is 3.77. The first-order valence-corrected chi connectivity index (χ1v) is 5.19. The molecule has 0 saturated carbocycles. The van der Waals surface area contributed by atoms with Crippen LogP contribution < -0.4 is 0 Å². The van der Waals surface area contributed by atoms with Gasteiger partial charge in [0.15, 0.2) is 0 Å². The fraction of sp³-hybridized carbons (Fsp3) is 0.333. The Morgan fingerprint density at radius 2 is 2.12 bits per heavy atom. The van der Waals surface area contributed by atoms with Crippen LogP contribution in [0.15, 0.2) is 24.3 Å². The van der Waals surface area contributed by atoms with Gasteiger partial charge in [-0.25, -0.2) is 4.39 Å². The summed E-state index contributed by atoms with van der Waals surface area (Å²) in [5.74, 6) is -1.56. The van der Waals surface area contributed by atoms with E-state index in [1.807, 2.05) is 0 Å². The van der Waals surface area contributed by atoms with Gasteiger partial charge >= 0.3 is 5.97 Å². The molecule has 1 amide bonds. The molecule has 0 spiro atoms. The van der Waals surface area contributed by atoms with E-state index >= 15 is 0 Å². The molecular formula is C12H14FNO3. The highest BCUT2D eigenvalue weighted by Gasteiger charge is 2.11. The molecule has 4 nitrogen and oxygen atoms in total. The molecular weight excluding hydrogens is 225 g/mol. The minimum Gasteiger partial charge on any atom is -0.481 e. The number of carboxylic acid groups (broad SMARTS) is 1. The first-order valence-electron chi connectivity index (χ1n) is 5.19. The highest BCUT2D eigenvalue weighted by molar-refractivity contribution is 5.79. The first-order chi connectivity index (χ1) is 7.99. The molecule has 1 N–H and O–H groups in total. The number of rotatable bonds is 5. The van der Waals surface area contributed by atoms with E-state index in [0.717, 1.165) is 0 Å². The number of likely N-dealkylation sites (N-methyl/N-ethyl adjacent to an activating group) is 1. The third-order valence-corrected chi connectivity index (χ3v) is 2.33. The van der Waals surface area contributed by atoms with Gasteiger partial charge in [0.2, 0.25) is 5.91 Å². The Morgan fingerprint density at radius 3 is 2.71 bits per heavy atom. The third-order valence-electron chi connectivity index (χ3n) is 2.33. The summed E-state index contributed by atoms with van der Waals surface area (Å²) in [4.78, 5) is 23.3. The maximum Gasteiger partial charge on any atom is 0.305 e. The summed E-state index contributed by atoms with van der Waals surface area (Å²) in [5, 5.41) is 8.48. The molecule has 0 fully saturated rings. The summed E-state index contributed by atoms with van der Waals surface area (Å²) in [6.45, 7) is 0.156. The largest absolute Gasteiger partial charge is 0.481 e. The fourth-order valence-corrected chi connectivity index (χ4v) is 1.34. The average molecular weight is 239 g/mol. The van der Waals surface area contributed by atoms with Gasteiger partial charge in [-0.15, -0.1) is 0 Å². The summed E-state index contributed by atoms with van der Waals surface area (Å²) < 4.78 is 12.9. The van der Waals surface area contributed by atoms with Crippen LogP contribution in [-0.4, -0.2) is 35.5 Å². The molecule has 0 aliphatic heterocycles. The molecule has 0 saturated heterocycles. The van der Waals surface area contributed by atoms with Crippen LogP contribution in [0.5, 0.6) is 0 Å². The Balaban J connectivity index is 2.51. The number of benzene rings is 1. The van der Waals surface area contributed by atoms with E-state index in [9.17, 15) is 14.0 Å². The number of carbonyl (C=O) groups is 2. The van der Waals surface area contributed by atoms with Crippen molar-refractivity contribution in [3.63, 3.8) is 0 Å². The van der Waals surface area contributed by atoms with Crippen molar-refractivity contribution in [1.29, 1.82) is 0 Å². The molecule has 0 aliphatic rings. The predicted octanol–water partition coefficient (Wildman–Crippen LogP) is 1.30. The monoisotopic (exact) mass is 239 g/mol. The van der Waals surface area contributed by atoms with E-state index in [4.69, 9.17) is 5.11 Å². The van der Waals surface area contributed by atoms with Gasteiger partial charge in [0, 0.05) is 13.6 Å². The maximum absolute atomic E-state index is 12.9. The molecule has 0 atom stereocenters. The van der Waals surface area contributed by atoms with E-state index in [2.05, 4.69) is 0 Å². The molecule has 0 aliphatic carbocycles. The zero-order chi connectivity index (χ0) is 12.8. The number of hydrogen-bond donors (Lipinski definition) is 1. The molecule has 17 heavy (non-hydrogen) atoms. The maximum atomic E-state index is 12.9. The summed E-state index contributed by atoms with van der Waals surface area (Å²) in [6.07, 6.45) is -0.0146. The normalized spacial score (nSPS) is 10.0. The number of carboxylic acids is 1. The Bertz CT molecular complexity index is 420. The van der Waals surface area contributed by atoms with Gasteiger partial charge in [0.05, 0.1) is 12.8 Å². The highest BCUT2D eigenvalue weighted by atomic mass is 19.1. The lowest BCUT2D eigenvalue weighted by Gasteiger charge is -2.15. The molecule has 0 aromatic heterocycles. The molecule has 0 heterocycles. The van der Waals surface area contributed by atoms with E-state index in [1.165, 1.54) is 30.1 Å². The van der Waals surface area contributed by atoms with Crippen LogP contribution in [-0.2, 0) is 16.0 Å². The Kier molecular flexibility index (Phi) is 4.63. The van der Waals surface area contributed by atoms with Gasteiger partial charge in [-0.3, -0.25) is 9.59 Å². The second-order valence-corrected chi connectivity index (χ2v) is 3.77. The van der Waals surface area contributed by atoms with Crippen molar-refractivity contribution < 1.29 is 19.1 Å². The van der Waals surface area contributed by atoms with Crippen LogP contribution in [0.4, 0.5) is 4.39 Å². The smallest absolute Gasteiger partial charge is 0.305 e. The Hall–Kier alpha value is -1.91. The highest BCUT2D eigenvalue weighted by Crippen LogP contribution is 2.05. The Labute approximate surface area is 98.7 Å². The second kappa shape index (κ2) is 5.98. The zero-order valence-electron chi connectivity index (χ0n) is 9.52. The molecule has 1 aromatic rings. The van der Waals surface area contributed by atoms with Gasteiger partial charge < -0.3 is 10.0 Å². The summed E-state index contributed by atoms with van der Waals surface area (Å²) in [5.41, 5.74) is 0.581. The molecule has 5 heteroatoms. The van der Waals surface area contributed by atoms with Crippen LogP contribution in [0, 0.1) is 5.82 Å². The van der Waals surface area contributed by atoms with Gasteiger partial charge in [0.25, 0.3) is 0 Å². The molecule has 0 radical (unpaired) electrons. The number of carbonyl (C=O) groups excluding carboxylic acids is 1. The lowest BCUT2D eigenvalue weighted by molar-refractivity contribution is -0.138. The topological polar surface area (TPSA) is 57.6 Å². The van der Waals surface area contributed by atoms with Gasteiger partial charge in [-0.2, -0.15) is 0 Å². The number of aliphatic carboxylic acids is 1. The van der Waals surface area contributed by atoms with Gasteiger partial charge in [-0.1, -0.05) is 12.1 Å². The minimum absolute atomic E-state index is 0.0773. The van der Waals surface area contributed by atoms with Crippen LogP contribution >= 0.6 is 0 Å². The lowest BCUT2D eigenvalue weighted by Crippen LogP contribution is -2.30. The summed E-state index contributed by atoms with van der Waals surface area (Å²) in [7, 11) is 1.53. The number of amides is 1. The van der Waals surface area contributed by atoms with E-state index < -0.39 is 5.97 Å². The first kappa shape index (κ1) is 13.2. The molecule has 0 unspecified atom stereocenters. The van der Waals surface area contributed by atoms with E-state index in [0.29, 0.717) is 5.56 Å². The fourth-order valence-electron chi connectivity index (χ4n) is 1.34. The number of hydrogen-bond acceptors (Lipinski definition) is 2. The van der Waals surface area contributed by atoms with Crippen molar-refractivity contribution in [3.8, 4) is 0 Å². The third kappa shape index (κ3) is 4.63. The molecule has 92 valence electrons. The molecule has 0 bridgehead atoms. The van der Waals surface area contributed by atoms with Crippen LogP contribution in [0.1, 0.15) is 12.0 Å². The summed E-state index contributed by atoms with van der Waals surface area (Å²) >= 11 is 0. The average Bonchev–Trinajstić information content (AvgIpc) is 2.25. The summed E-state index contributed by atoms with van der Waals surface area (Å²) in [6, 6.07) is 5.80. The minimum atomic E-state index is -0.949. The van der Waals surface area contributed by atoms with Crippen molar-refractivity contribution in [2.24, 2.45) is 0 Å². The Morgan fingerprint density at radius 1 is 1.41 bits per heavy atom. The predicted molar refractivity (Wildman–Crippen MR) is 60.0 cm³/mol. The van der Waals surface area contributed by atoms with Gasteiger partial charge in [-0.05, 0) is 17.7 Å². The van der Waals surface area contributed by atoms with Crippen LogP contribution in [0.2, 0.25) is 0 Å². The van der Waals surface area contributed by atoms with Crippen molar-refractivity contribution in [3.05, 3.63) is 35.6 Å². The number of nitrogens with zero attached hydrogens (tertiary/aromatic N) is 1. The van der Waals surface area contributed by atoms with Crippen molar-refractivity contribution >= 4 is 11.9 Å². The van der Waals surface area contributed by atoms with E-state index in [-0.39, 0.29) is 31.1 Å². The van der Waals surface area contributed by atoms with E-state index in [1.54, 1.807) is 6.07 Å². The molecule has 1 aromatic carbocycles. The standard InChI is InChI=1S/C12H14FNO3/c1-14(6-5-12(16)17)11(15)8-9-3-2-4-10(13)7-9/h2-4,7H,5-6,8H2,1H3,(H,16,17). The number of halogens is 1. The van der Waals surface area contributed by atoms with Gasteiger partial charge in [0.1, 0.15) is 5.82 Å². The zero-order valence-corrected chi connectivity index (χ0v) is 9.52. The van der Waals surface area contributed by atoms with Crippen LogP contribution in [0.3, 0.4) is 0 Å². The SMILES string of the molecule is CN(CCC(=O)O)C(=O)Cc1cccc(F)c1. The van der Waals surface area contributed by atoms with Crippen molar-refractivity contribution in [2.75, 3.05) is 13.6 Å². The van der Waals surface area contributed by atoms with Crippen LogP contribution in [0.25, 0.3) is 0 Å². The quantitative estimate of drug-likeness (QED) is 0.842. The van der Waals surface area contributed by atoms with Crippen molar-refractivity contribution in [2.45, 2.75) is 12.8 Å². The molecule has 1 rings (SSSR count).